The lowest BCUT2D eigenvalue weighted by atomic mass is 10.0. The normalized spacial score (nSPS) is 23.4. The van der Waals surface area contributed by atoms with Gasteiger partial charge in [-0.2, -0.15) is 0 Å². The number of nitrogens with zero attached hydrogens (tertiary/aromatic N) is 1. The molecular weight excluding hydrogens is 294 g/mol. The van der Waals surface area contributed by atoms with Gasteiger partial charge in [-0.3, -0.25) is 4.79 Å². The number of hydrogen-bond acceptors (Lipinski definition) is 2. The molecule has 18 heavy (non-hydrogen) atoms. The molecule has 0 spiro atoms. The summed E-state index contributed by atoms with van der Waals surface area (Å²) in [7, 11) is 0. The second-order valence-corrected chi connectivity index (χ2v) is 5.83. The Hall–Kier alpha value is -0.870. The molecule has 0 aromatic heterocycles. The number of hydrogen-bond donors (Lipinski definition) is 1. The van der Waals surface area contributed by atoms with Crippen molar-refractivity contribution < 1.29 is 9.90 Å². The van der Waals surface area contributed by atoms with E-state index in [9.17, 15) is 9.90 Å². The van der Waals surface area contributed by atoms with Gasteiger partial charge in [0.25, 0.3) is 0 Å². The van der Waals surface area contributed by atoms with E-state index in [0.717, 1.165) is 23.0 Å². The maximum atomic E-state index is 12.2. The van der Waals surface area contributed by atoms with E-state index in [1.807, 2.05) is 29.2 Å². The third-order valence-electron chi connectivity index (χ3n) is 3.63. The van der Waals surface area contributed by atoms with E-state index < -0.39 is 0 Å². The number of likely N-dealkylation sites (tertiary alicyclic amines) is 1. The predicted octanol–water partition coefficient (Wildman–Crippen LogP) is 2.22. The van der Waals surface area contributed by atoms with E-state index in [4.69, 9.17) is 0 Å². The van der Waals surface area contributed by atoms with Gasteiger partial charge < -0.3 is 10.0 Å². The molecule has 0 radical (unpaired) electrons. The smallest absolute Gasteiger partial charge is 0.227 e. The van der Waals surface area contributed by atoms with Gasteiger partial charge in [0, 0.05) is 11.0 Å². The Bertz CT molecular complexity index is 436. The molecule has 1 aromatic carbocycles. The first kappa shape index (κ1) is 13.6. The number of carbonyl (C=O) groups excluding carboxylic acids is 1. The Balaban J connectivity index is 2.04. The number of rotatable bonds is 3. The minimum atomic E-state index is -0.00958. The highest BCUT2D eigenvalue weighted by Crippen LogP contribution is 2.24. The van der Waals surface area contributed by atoms with Crippen LogP contribution < -0.4 is 0 Å². The molecule has 1 heterocycles. The summed E-state index contributed by atoms with van der Waals surface area (Å²) in [4.78, 5) is 14.1. The average molecular weight is 312 g/mol. The van der Waals surface area contributed by atoms with Crippen molar-refractivity contribution in [1.82, 2.24) is 4.90 Å². The van der Waals surface area contributed by atoms with Crippen LogP contribution in [0, 0.1) is 5.92 Å². The van der Waals surface area contributed by atoms with Crippen LogP contribution in [0.3, 0.4) is 0 Å². The zero-order chi connectivity index (χ0) is 13.1. The zero-order valence-corrected chi connectivity index (χ0v) is 12.1. The van der Waals surface area contributed by atoms with E-state index in [2.05, 4.69) is 22.9 Å². The fourth-order valence-corrected chi connectivity index (χ4v) is 2.97. The molecule has 2 atom stereocenters. The van der Waals surface area contributed by atoms with E-state index >= 15 is 0 Å². The van der Waals surface area contributed by atoms with Crippen molar-refractivity contribution >= 4 is 21.8 Å². The molecule has 0 saturated carbocycles. The number of amides is 1. The summed E-state index contributed by atoms with van der Waals surface area (Å²) in [5.74, 6) is 0.498. The van der Waals surface area contributed by atoms with Crippen molar-refractivity contribution in [2.75, 3.05) is 13.2 Å². The SMILES string of the molecule is CC1CCN(C(=O)Cc2cccc(Br)c2)C1CO. The lowest BCUT2D eigenvalue weighted by Gasteiger charge is -2.25. The number of aliphatic hydroxyl groups excluding tert-OH is 1. The Morgan fingerprint density at radius 3 is 3.00 bits per heavy atom. The first-order chi connectivity index (χ1) is 8.61. The number of halogens is 1. The molecule has 1 aliphatic rings. The first-order valence-electron chi connectivity index (χ1n) is 6.26. The summed E-state index contributed by atoms with van der Waals surface area (Å²) >= 11 is 3.41. The van der Waals surface area contributed by atoms with Gasteiger partial charge in [0.05, 0.1) is 19.1 Å². The Morgan fingerprint density at radius 1 is 1.56 bits per heavy atom. The third-order valence-corrected chi connectivity index (χ3v) is 4.13. The highest BCUT2D eigenvalue weighted by Gasteiger charge is 2.33. The molecule has 2 rings (SSSR count). The van der Waals surface area contributed by atoms with Gasteiger partial charge in [-0.05, 0) is 30.0 Å². The predicted molar refractivity (Wildman–Crippen MR) is 74.2 cm³/mol. The number of benzene rings is 1. The highest BCUT2D eigenvalue weighted by atomic mass is 79.9. The molecule has 1 fully saturated rings. The quantitative estimate of drug-likeness (QED) is 0.930. The minimum Gasteiger partial charge on any atom is -0.394 e. The fraction of sp³-hybridized carbons (Fsp3) is 0.500. The lowest BCUT2D eigenvalue weighted by molar-refractivity contribution is -0.132. The van der Waals surface area contributed by atoms with E-state index in [-0.39, 0.29) is 18.6 Å². The minimum absolute atomic E-state index is 0.00958. The molecule has 2 unspecified atom stereocenters. The fourth-order valence-electron chi connectivity index (χ4n) is 2.52. The van der Waals surface area contributed by atoms with Crippen molar-refractivity contribution in [2.45, 2.75) is 25.8 Å². The van der Waals surface area contributed by atoms with Crippen molar-refractivity contribution in [3.8, 4) is 0 Å². The van der Waals surface area contributed by atoms with Crippen LogP contribution in [0.4, 0.5) is 0 Å². The summed E-state index contributed by atoms with van der Waals surface area (Å²) in [6.07, 6.45) is 1.39. The third kappa shape index (κ3) is 2.93. The van der Waals surface area contributed by atoms with Crippen LogP contribution in [0.15, 0.2) is 28.7 Å². The van der Waals surface area contributed by atoms with Crippen LogP contribution >= 0.6 is 15.9 Å². The van der Waals surface area contributed by atoms with E-state index in [1.54, 1.807) is 0 Å². The average Bonchev–Trinajstić information content (AvgIpc) is 2.70. The van der Waals surface area contributed by atoms with Crippen LogP contribution in [-0.2, 0) is 11.2 Å². The number of aliphatic hydroxyl groups is 1. The van der Waals surface area contributed by atoms with Crippen LogP contribution in [-0.4, -0.2) is 35.1 Å². The lowest BCUT2D eigenvalue weighted by Crippen LogP contribution is -2.40. The van der Waals surface area contributed by atoms with Crippen molar-refractivity contribution in [3.63, 3.8) is 0 Å². The highest BCUT2D eigenvalue weighted by molar-refractivity contribution is 9.10. The Labute approximate surface area is 116 Å². The molecule has 1 aliphatic heterocycles. The molecular formula is C14H18BrNO2. The van der Waals surface area contributed by atoms with Crippen LogP contribution in [0.25, 0.3) is 0 Å². The molecule has 0 bridgehead atoms. The van der Waals surface area contributed by atoms with Gasteiger partial charge in [-0.25, -0.2) is 0 Å². The topological polar surface area (TPSA) is 40.5 Å². The zero-order valence-electron chi connectivity index (χ0n) is 10.5. The largest absolute Gasteiger partial charge is 0.394 e. The summed E-state index contributed by atoms with van der Waals surface area (Å²) in [6, 6.07) is 7.79. The molecule has 1 N–H and O–H groups in total. The molecule has 0 aliphatic carbocycles. The number of carbonyl (C=O) groups is 1. The molecule has 98 valence electrons. The monoisotopic (exact) mass is 311 g/mol. The van der Waals surface area contributed by atoms with Crippen molar-refractivity contribution in [3.05, 3.63) is 34.3 Å². The van der Waals surface area contributed by atoms with Crippen molar-refractivity contribution in [1.29, 1.82) is 0 Å². The molecule has 3 nitrogen and oxygen atoms in total. The maximum absolute atomic E-state index is 12.2. The van der Waals surface area contributed by atoms with E-state index in [0.29, 0.717) is 12.3 Å². The van der Waals surface area contributed by atoms with Crippen LogP contribution in [0.1, 0.15) is 18.9 Å². The summed E-state index contributed by atoms with van der Waals surface area (Å²) < 4.78 is 0.987. The summed E-state index contributed by atoms with van der Waals surface area (Å²) in [5, 5.41) is 9.36. The van der Waals surface area contributed by atoms with Crippen LogP contribution in [0.2, 0.25) is 0 Å². The first-order valence-corrected chi connectivity index (χ1v) is 7.06. The summed E-state index contributed by atoms with van der Waals surface area (Å²) in [6.45, 7) is 2.91. The summed E-state index contributed by atoms with van der Waals surface area (Å²) in [5.41, 5.74) is 1.01. The molecule has 4 heteroatoms. The van der Waals surface area contributed by atoms with Gasteiger partial charge in [0.1, 0.15) is 0 Å². The second kappa shape index (κ2) is 5.85. The molecule has 1 saturated heterocycles. The van der Waals surface area contributed by atoms with Crippen molar-refractivity contribution in [2.24, 2.45) is 5.92 Å². The molecule has 1 amide bonds. The Kier molecular flexibility index (Phi) is 4.40. The van der Waals surface area contributed by atoms with Gasteiger partial charge in [0.15, 0.2) is 0 Å². The molecule has 1 aromatic rings. The Morgan fingerprint density at radius 2 is 2.33 bits per heavy atom. The van der Waals surface area contributed by atoms with Gasteiger partial charge in [-0.15, -0.1) is 0 Å². The van der Waals surface area contributed by atoms with Gasteiger partial charge >= 0.3 is 0 Å². The standard InChI is InChI=1S/C14H18BrNO2/c1-10-5-6-16(13(10)9-17)14(18)8-11-3-2-4-12(15)7-11/h2-4,7,10,13,17H,5-6,8-9H2,1H3. The van der Waals surface area contributed by atoms with E-state index in [1.165, 1.54) is 0 Å². The second-order valence-electron chi connectivity index (χ2n) is 4.91. The maximum Gasteiger partial charge on any atom is 0.227 e. The van der Waals surface area contributed by atoms with Crippen LogP contribution in [0.5, 0.6) is 0 Å². The van der Waals surface area contributed by atoms with Gasteiger partial charge in [0.2, 0.25) is 5.91 Å². The van der Waals surface area contributed by atoms with Gasteiger partial charge in [-0.1, -0.05) is 35.0 Å².